The van der Waals surface area contributed by atoms with Crippen molar-refractivity contribution in [2.45, 2.75) is 25.0 Å². The maximum atomic E-state index is 11.8. The van der Waals surface area contributed by atoms with Gasteiger partial charge in [-0.25, -0.2) is 0 Å². The molecule has 1 saturated carbocycles. The van der Waals surface area contributed by atoms with E-state index >= 15 is 0 Å². The highest BCUT2D eigenvalue weighted by molar-refractivity contribution is 5.85. The van der Waals surface area contributed by atoms with Crippen LogP contribution in [0.25, 0.3) is 0 Å². The number of methoxy groups -OCH3 is 1. The zero-order chi connectivity index (χ0) is 11.4. The zero-order valence-corrected chi connectivity index (χ0v) is 8.68. The average molecular weight is 216 g/mol. The molecule has 0 radical (unpaired) electrons. The molecular weight excluding hydrogens is 200 g/mol. The molecule has 0 aromatic carbocycles. The fourth-order valence-corrected chi connectivity index (χ4v) is 1.40. The van der Waals surface area contributed by atoms with E-state index in [4.69, 9.17) is 15.6 Å². The number of carbonyl (C=O) groups is 2. The number of aliphatic carboxylic acids is 1. The van der Waals surface area contributed by atoms with Crippen LogP contribution in [-0.2, 0) is 14.3 Å². The summed E-state index contributed by atoms with van der Waals surface area (Å²) in [6.45, 7) is -0.207. The molecule has 3 N–H and O–H groups in total. The molecule has 0 aromatic heterocycles. The number of nitrogens with two attached hydrogens (primary N) is 1. The van der Waals surface area contributed by atoms with Crippen molar-refractivity contribution in [2.24, 2.45) is 5.73 Å². The van der Waals surface area contributed by atoms with Crippen molar-refractivity contribution in [3.05, 3.63) is 0 Å². The minimum Gasteiger partial charge on any atom is -0.480 e. The van der Waals surface area contributed by atoms with Gasteiger partial charge in [-0.1, -0.05) is 0 Å². The Kier molecular flexibility index (Phi) is 4.05. The van der Waals surface area contributed by atoms with Gasteiger partial charge in [-0.05, 0) is 12.8 Å². The molecule has 0 aromatic rings. The van der Waals surface area contributed by atoms with E-state index in [9.17, 15) is 9.59 Å². The Morgan fingerprint density at radius 2 is 2.20 bits per heavy atom. The molecule has 1 amide bonds. The average Bonchev–Trinajstić information content (AvgIpc) is 2.99. The third-order valence-corrected chi connectivity index (χ3v) is 2.35. The summed E-state index contributed by atoms with van der Waals surface area (Å²) in [6.07, 6.45) is 0.991. The largest absolute Gasteiger partial charge is 0.480 e. The quantitative estimate of drug-likeness (QED) is 0.596. The third kappa shape index (κ3) is 3.17. The molecule has 0 bridgehead atoms. The van der Waals surface area contributed by atoms with Crippen LogP contribution in [0, 0.1) is 0 Å². The van der Waals surface area contributed by atoms with E-state index < -0.39 is 12.1 Å². The minimum atomic E-state index is -1.01. The van der Waals surface area contributed by atoms with Crippen LogP contribution in [0.15, 0.2) is 0 Å². The summed E-state index contributed by atoms with van der Waals surface area (Å²) in [5, 5.41) is 8.67. The fraction of sp³-hybridized carbons (Fsp3) is 0.778. The molecule has 1 fully saturated rings. The Labute approximate surface area is 88.0 Å². The van der Waals surface area contributed by atoms with Crippen molar-refractivity contribution in [1.29, 1.82) is 0 Å². The van der Waals surface area contributed by atoms with Gasteiger partial charge in [0.05, 0.1) is 0 Å². The number of carbonyl (C=O) groups excluding carboxylic acids is 1. The molecule has 0 spiro atoms. The van der Waals surface area contributed by atoms with E-state index in [0.29, 0.717) is 0 Å². The van der Waals surface area contributed by atoms with Gasteiger partial charge in [-0.3, -0.25) is 9.59 Å². The molecule has 0 saturated heterocycles. The first-order chi connectivity index (χ1) is 7.10. The summed E-state index contributed by atoms with van der Waals surface area (Å²) in [7, 11) is 1.39. The van der Waals surface area contributed by atoms with E-state index in [1.54, 1.807) is 0 Å². The predicted octanol–water partition coefficient (Wildman–Crippen LogP) is -0.964. The Bertz CT molecular complexity index is 248. The monoisotopic (exact) mass is 216 g/mol. The molecule has 1 atom stereocenters. The molecule has 6 nitrogen and oxygen atoms in total. The standard InChI is InChI=1S/C9H16N2O4/c1-15-7(4-10)9(14)11(5-8(12)13)6-2-3-6/h6-7H,2-5,10H2,1H3,(H,12,13). The van der Waals surface area contributed by atoms with Gasteiger partial charge in [0.2, 0.25) is 0 Å². The van der Waals surface area contributed by atoms with Crippen LogP contribution in [0.5, 0.6) is 0 Å². The Hall–Kier alpha value is -1.14. The Balaban J connectivity index is 2.61. The Morgan fingerprint density at radius 1 is 1.60 bits per heavy atom. The normalized spacial score (nSPS) is 17.2. The molecule has 1 aliphatic carbocycles. The van der Waals surface area contributed by atoms with Gasteiger partial charge < -0.3 is 20.5 Å². The molecule has 0 heterocycles. The van der Waals surface area contributed by atoms with Gasteiger partial charge in [0.1, 0.15) is 12.6 Å². The van der Waals surface area contributed by atoms with Crippen LogP contribution in [0.1, 0.15) is 12.8 Å². The summed E-state index contributed by atoms with van der Waals surface area (Å²) in [4.78, 5) is 23.7. The second-order valence-electron chi connectivity index (χ2n) is 3.55. The van der Waals surface area contributed by atoms with Crippen molar-refractivity contribution in [2.75, 3.05) is 20.2 Å². The number of rotatable bonds is 6. The second-order valence-corrected chi connectivity index (χ2v) is 3.55. The zero-order valence-electron chi connectivity index (χ0n) is 8.68. The lowest BCUT2D eigenvalue weighted by molar-refractivity contribution is -0.150. The first-order valence-electron chi connectivity index (χ1n) is 4.85. The van der Waals surface area contributed by atoms with Crippen molar-refractivity contribution >= 4 is 11.9 Å². The van der Waals surface area contributed by atoms with E-state index in [2.05, 4.69) is 0 Å². The highest BCUT2D eigenvalue weighted by Gasteiger charge is 2.36. The number of carboxylic acid groups (broad SMARTS) is 1. The van der Waals surface area contributed by atoms with Gasteiger partial charge in [0.15, 0.2) is 0 Å². The Morgan fingerprint density at radius 3 is 2.53 bits per heavy atom. The highest BCUT2D eigenvalue weighted by atomic mass is 16.5. The van der Waals surface area contributed by atoms with Crippen LogP contribution < -0.4 is 5.73 Å². The first-order valence-corrected chi connectivity index (χ1v) is 4.85. The summed E-state index contributed by atoms with van der Waals surface area (Å²) in [5.74, 6) is -1.34. The second kappa shape index (κ2) is 5.09. The lowest BCUT2D eigenvalue weighted by Gasteiger charge is -2.24. The topological polar surface area (TPSA) is 92.9 Å². The first kappa shape index (κ1) is 11.9. The van der Waals surface area contributed by atoms with Gasteiger partial charge in [0, 0.05) is 19.7 Å². The molecule has 1 aliphatic rings. The molecule has 0 aliphatic heterocycles. The van der Waals surface area contributed by atoms with Crippen molar-refractivity contribution in [1.82, 2.24) is 4.90 Å². The van der Waals surface area contributed by atoms with Crippen LogP contribution in [-0.4, -0.2) is 54.2 Å². The number of amides is 1. The van der Waals surface area contributed by atoms with E-state index in [0.717, 1.165) is 12.8 Å². The summed E-state index contributed by atoms with van der Waals surface area (Å²) in [6, 6.07) is 0.0535. The lowest BCUT2D eigenvalue weighted by atomic mass is 10.3. The number of carboxylic acids is 1. The highest BCUT2D eigenvalue weighted by Crippen LogP contribution is 2.27. The van der Waals surface area contributed by atoms with Crippen molar-refractivity contribution in [3.63, 3.8) is 0 Å². The SMILES string of the molecule is COC(CN)C(=O)N(CC(=O)O)C1CC1. The van der Waals surface area contributed by atoms with Crippen LogP contribution in [0.3, 0.4) is 0 Å². The van der Waals surface area contributed by atoms with Gasteiger partial charge in [0.25, 0.3) is 5.91 Å². The smallest absolute Gasteiger partial charge is 0.323 e. The van der Waals surface area contributed by atoms with Gasteiger partial charge in [-0.15, -0.1) is 0 Å². The van der Waals surface area contributed by atoms with Crippen molar-refractivity contribution in [3.8, 4) is 0 Å². The van der Waals surface area contributed by atoms with Crippen LogP contribution in [0.2, 0.25) is 0 Å². The van der Waals surface area contributed by atoms with Crippen LogP contribution >= 0.6 is 0 Å². The molecule has 15 heavy (non-hydrogen) atoms. The number of ether oxygens (including phenoxy) is 1. The van der Waals surface area contributed by atoms with E-state index in [1.165, 1.54) is 12.0 Å². The molecule has 6 heteroatoms. The van der Waals surface area contributed by atoms with Gasteiger partial charge >= 0.3 is 5.97 Å². The molecular formula is C9H16N2O4. The lowest BCUT2D eigenvalue weighted by Crippen LogP contribution is -2.46. The third-order valence-electron chi connectivity index (χ3n) is 2.35. The van der Waals surface area contributed by atoms with E-state index in [-0.39, 0.29) is 25.0 Å². The minimum absolute atomic E-state index is 0.0535. The maximum Gasteiger partial charge on any atom is 0.323 e. The van der Waals surface area contributed by atoms with E-state index in [1.807, 2.05) is 0 Å². The van der Waals surface area contributed by atoms with Crippen molar-refractivity contribution < 1.29 is 19.4 Å². The number of nitrogens with zero attached hydrogens (tertiary/aromatic N) is 1. The molecule has 1 rings (SSSR count). The van der Waals surface area contributed by atoms with Gasteiger partial charge in [-0.2, -0.15) is 0 Å². The molecule has 86 valence electrons. The predicted molar refractivity (Wildman–Crippen MR) is 52.2 cm³/mol. The van der Waals surface area contributed by atoms with Crippen LogP contribution in [0.4, 0.5) is 0 Å². The fourth-order valence-electron chi connectivity index (χ4n) is 1.40. The number of hydrogen-bond donors (Lipinski definition) is 2. The number of hydrogen-bond acceptors (Lipinski definition) is 4. The summed E-state index contributed by atoms with van der Waals surface area (Å²) in [5.41, 5.74) is 5.35. The maximum absolute atomic E-state index is 11.8. The summed E-state index contributed by atoms with van der Waals surface area (Å²) >= 11 is 0. The molecule has 1 unspecified atom stereocenters. The summed E-state index contributed by atoms with van der Waals surface area (Å²) < 4.78 is 4.89.